The largest absolute Gasteiger partial charge is 0.497 e. The highest BCUT2D eigenvalue weighted by atomic mass is 35.5. The van der Waals surface area contributed by atoms with Crippen LogP contribution in [0.3, 0.4) is 0 Å². The van der Waals surface area contributed by atoms with Crippen LogP contribution < -0.4 is 10.3 Å². The number of nitrogens with one attached hydrogen (secondary N) is 1. The zero-order valence-electron chi connectivity index (χ0n) is 13.5. The Kier molecular flexibility index (Phi) is 4.57. The van der Waals surface area contributed by atoms with Crippen LogP contribution in [0.1, 0.15) is 18.2 Å². The van der Waals surface area contributed by atoms with Gasteiger partial charge in [-0.05, 0) is 31.2 Å². The van der Waals surface area contributed by atoms with Crippen molar-refractivity contribution in [3.8, 4) is 17.1 Å². The second-order valence-corrected chi connectivity index (χ2v) is 6.35. The van der Waals surface area contributed by atoms with E-state index in [4.69, 9.17) is 16.3 Å². The number of benzene rings is 1. The van der Waals surface area contributed by atoms with Crippen molar-refractivity contribution in [3.05, 3.63) is 45.9 Å². The molecule has 0 bridgehead atoms. The minimum absolute atomic E-state index is 0.166. The van der Waals surface area contributed by atoms with Gasteiger partial charge in [-0.2, -0.15) is 0 Å². The molecule has 1 unspecified atom stereocenters. The number of nitrogens with zero attached hydrogens (tertiary/aromatic N) is 2. The Labute approximate surface area is 144 Å². The maximum atomic E-state index is 12.4. The third-order valence-electron chi connectivity index (χ3n) is 4.08. The molecule has 0 saturated carbocycles. The van der Waals surface area contributed by atoms with Crippen LogP contribution >= 0.6 is 11.6 Å². The minimum Gasteiger partial charge on any atom is -0.497 e. The number of alkyl halides is 1. The number of carbonyl (C=O) groups excluding carboxylic acids is 1. The highest BCUT2D eigenvalue weighted by molar-refractivity contribution is 6.30. The predicted octanol–water partition coefficient (Wildman–Crippen LogP) is 1.96. The van der Waals surface area contributed by atoms with Crippen molar-refractivity contribution < 1.29 is 9.53 Å². The molecule has 0 saturated heterocycles. The van der Waals surface area contributed by atoms with Crippen LogP contribution in [-0.4, -0.2) is 39.8 Å². The van der Waals surface area contributed by atoms with Crippen molar-refractivity contribution in [1.29, 1.82) is 0 Å². The molecule has 2 aromatic rings. The number of hydrogen-bond donors (Lipinski definition) is 1. The number of aromatic nitrogens is 2. The normalized spacial score (nSPS) is 14.9. The van der Waals surface area contributed by atoms with Gasteiger partial charge in [0.15, 0.2) is 0 Å². The van der Waals surface area contributed by atoms with E-state index in [1.54, 1.807) is 18.9 Å². The number of halogens is 1. The van der Waals surface area contributed by atoms with Gasteiger partial charge < -0.3 is 14.6 Å². The number of methoxy groups -OCH3 is 1. The molecule has 7 heteroatoms. The molecule has 0 radical (unpaired) electrons. The summed E-state index contributed by atoms with van der Waals surface area (Å²) in [6.07, 6.45) is 0.539. The first-order valence-electron chi connectivity index (χ1n) is 7.69. The Morgan fingerprint density at radius 2 is 2.08 bits per heavy atom. The fourth-order valence-corrected chi connectivity index (χ4v) is 2.89. The molecule has 0 spiro atoms. The van der Waals surface area contributed by atoms with Crippen molar-refractivity contribution in [2.75, 3.05) is 13.7 Å². The van der Waals surface area contributed by atoms with Crippen molar-refractivity contribution in [2.24, 2.45) is 0 Å². The maximum absolute atomic E-state index is 12.4. The quantitative estimate of drug-likeness (QED) is 0.861. The lowest BCUT2D eigenvalue weighted by Crippen LogP contribution is -2.42. The Hall–Kier alpha value is -2.34. The van der Waals surface area contributed by atoms with Crippen LogP contribution in [0, 0.1) is 0 Å². The van der Waals surface area contributed by atoms with E-state index in [1.807, 2.05) is 24.3 Å². The SMILES string of the molecule is COc1ccc(-c2nc3c(c(=O)[nH]2)CN(C(=O)C(C)Cl)CC3)cc1. The lowest BCUT2D eigenvalue weighted by Gasteiger charge is -2.28. The third-order valence-corrected chi connectivity index (χ3v) is 4.27. The molecule has 1 N–H and O–H groups in total. The Morgan fingerprint density at radius 3 is 2.71 bits per heavy atom. The van der Waals surface area contributed by atoms with E-state index in [0.717, 1.165) is 17.0 Å². The van der Waals surface area contributed by atoms with Gasteiger partial charge >= 0.3 is 0 Å². The topological polar surface area (TPSA) is 75.3 Å². The second kappa shape index (κ2) is 6.65. The molecule has 1 atom stereocenters. The molecule has 1 aromatic carbocycles. The summed E-state index contributed by atoms with van der Waals surface area (Å²) >= 11 is 5.86. The van der Waals surface area contributed by atoms with E-state index in [-0.39, 0.29) is 18.0 Å². The number of H-pyrrole nitrogens is 1. The van der Waals surface area contributed by atoms with Crippen molar-refractivity contribution >= 4 is 17.5 Å². The van der Waals surface area contributed by atoms with Gasteiger partial charge in [0.1, 0.15) is 17.0 Å². The standard InChI is InChI=1S/C17H18ClN3O3/c1-10(18)17(23)21-8-7-14-13(9-21)16(22)20-15(19-14)11-3-5-12(24-2)6-4-11/h3-6,10H,7-9H2,1-2H3,(H,19,20,22). The first-order valence-corrected chi connectivity index (χ1v) is 8.12. The van der Waals surface area contributed by atoms with Crippen molar-refractivity contribution in [2.45, 2.75) is 25.3 Å². The average molecular weight is 348 g/mol. The molecule has 2 heterocycles. The maximum Gasteiger partial charge on any atom is 0.256 e. The number of aromatic amines is 1. The molecule has 126 valence electrons. The van der Waals surface area contributed by atoms with E-state index in [2.05, 4.69) is 9.97 Å². The van der Waals surface area contributed by atoms with Crippen molar-refractivity contribution in [1.82, 2.24) is 14.9 Å². The van der Waals surface area contributed by atoms with Gasteiger partial charge in [0.05, 0.1) is 24.9 Å². The first kappa shape index (κ1) is 16.5. The number of rotatable bonds is 3. The molecule has 24 heavy (non-hydrogen) atoms. The third kappa shape index (κ3) is 3.14. The van der Waals surface area contributed by atoms with E-state index < -0.39 is 5.38 Å². The molecule has 6 nitrogen and oxygen atoms in total. The summed E-state index contributed by atoms with van der Waals surface area (Å²) in [5, 5.41) is -0.600. The highest BCUT2D eigenvalue weighted by Crippen LogP contribution is 2.21. The summed E-state index contributed by atoms with van der Waals surface area (Å²) in [6.45, 7) is 2.40. The zero-order valence-corrected chi connectivity index (χ0v) is 14.3. The van der Waals surface area contributed by atoms with Crippen LogP contribution in [0.4, 0.5) is 0 Å². The summed E-state index contributed by atoms with van der Waals surface area (Å²) in [7, 11) is 1.60. The summed E-state index contributed by atoms with van der Waals surface area (Å²) in [4.78, 5) is 33.4. The Bertz CT molecular complexity index is 815. The van der Waals surface area contributed by atoms with Gasteiger partial charge in [-0.3, -0.25) is 9.59 Å². The van der Waals surface area contributed by atoms with Crippen LogP contribution in [0.2, 0.25) is 0 Å². The number of fused-ring (bicyclic) bond motifs is 1. The Balaban J connectivity index is 1.92. The summed E-state index contributed by atoms with van der Waals surface area (Å²) in [6, 6.07) is 7.32. The number of hydrogen-bond acceptors (Lipinski definition) is 4. The molecule has 1 aromatic heterocycles. The van der Waals surface area contributed by atoms with Gasteiger partial charge in [0.25, 0.3) is 5.56 Å². The van der Waals surface area contributed by atoms with Crippen LogP contribution in [-0.2, 0) is 17.8 Å². The van der Waals surface area contributed by atoms with E-state index >= 15 is 0 Å². The zero-order chi connectivity index (χ0) is 17.3. The number of carbonyl (C=O) groups is 1. The van der Waals surface area contributed by atoms with Gasteiger partial charge in [-0.15, -0.1) is 11.6 Å². The lowest BCUT2D eigenvalue weighted by molar-refractivity contribution is -0.131. The molecule has 3 rings (SSSR count). The monoisotopic (exact) mass is 347 g/mol. The van der Waals surface area contributed by atoms with Crippen molar-refractivity contribution in [3.63, 3.8) is 0 Å². The number of ether oxygens (including phenoxy) is 1. The molecule has 1 amide bonds. The molecule has 0 fully saturated rings. The van der Waals surface area contributed by atoms with Gasteiger partial charge in [0.2, 0.25) is 5.91 Å². The highest BCUT2D eigenvalue weighted by Gasteiger charge is 2.26. The van der Waals surface area contributed by atoms with Crippen LogP contribution in [0.15, 0.2) is 29.1 Å². The second-order valence-electron chi connectivity index (χ2n) is 5.69. The fourth-order valence-electron chi connectivity index (χ4n) is 2.75. The van der Waals surface area contributed by atoms with E-state index in [1.165, 1.54) is 0 Å². The molecule has 0 aliphatic carbocycles. The molecular weight excluding hydrogens is 330 g/mol. The molecule has 1 aliphatic heterocycles. The van der Waals surface area contributed by atoms with Gasteiger partial charge in [0, 0.05) is 18.5 Å². The van der Waals surface area contributed by atoms with E-state index in [0.29, 0.717) is 24.4 Å². The van der Waals surface area contributed by atoms with Crippen LogP contribution in [0.25, 0.3) is 11.4 Å². The smallest absolute Gasteiger partial charge is 0.256 e. The summed E-state index contributed by atoms with van der Waals surface area (Å²) < 4.78 is 5.13. The fraction of sp³-hybridized carbons (Fsp3) is 0.353. The molecule has 1 aliphatic rings. The van der Waals surface area contributed by atoms with Gasteiger partial charge in [-0.25, -0.2) is 4.98 Å². The number of amides is 1. The lowest BCUT2D eigenvalue weighted by atomic mass is 10.1. The summed E-state index contributed by atoms with van der Waals surface area (Å²) in [5.41, 5.74) is 1.86. The Morgan fingerprint density at radius 1 is 1.38 bits per heavy atom. The molecular formula is C17H18ClN3O3. The van der Waals surface area contributed by atoms with E-state index in [9.17, 15) is 9.59 Å². The average Bonchev–Trinajstić information content (AvgIpc) is 2.60. The first-order chi connectivity index (χ1) is 11.5. The predicted molar refractivity (Wildman–Crippen MR) is 91.3 cm³/mol. The summed E-state index contributed by atoms with van der Waals surface area (Å²) in [5.74, 6) is 1.09. The van der Waals surface area contributed by atoms with Gasteiger partial charge in [-0.1, -0.05) is 0 Å². The minimum atomic E-state index is -0.600. The van der Waals surface area contributed by atoms with Crippen LogP contribution in [0.5, 0.6) is 5.75 Å².